The lowest BCUT2D eigenvalue weighted by molar-refractivity contribution is 0.0515. The Balaban J connectivity index is 2.09. The summed E-state index contributed by atoms with van der Waals surface area (Å²) in [5, 5.41) is 2.69. The second-order valence-electron chi connectivity index (χ2n) is 4.52. The molecule has 1 N–H and O–H groups in total. The third-order valence-electron chi connectivity index (χ3n) is 1.85. The molecule has 1 heterocycles. The zero-order valence-electron chi connectivity index (χ0n) is 9.58. The molecule has 0 radical (unpaired) electrons. The van der Waals surface area contributed by atoms with Crippen LogP contribution in [-0.4, -0.2) is 30.9 Å². The van der Waals surface area contributed by atoms with Gasteiger partial charge in [-0.15, -0.1) is 0 Å². The van der Waals surface area contributed by atoms with Crippen molar-refractivity contribution in [2.75, 3.05) is 13.2 Å². The Bertz CT molecular complexity index is 243. The molecule has 0 saturated carbocycles. The zero-order chi connectivity index (χ0) is 11.3. The van der Waals surface area contributed by atoms with Crippen LogP contribution in [-0.2, 0) is 9.47 Å². The van der Waals surface area contributed by atoms with Gasteiger partial charge in [-0.3, -0.25) is 0 Å². The molecule has 86 valence electrons. The summed E-state index contributed by atoms with van der Waals surface area (Å²) in [6.45, 7) is 6.78. The van der Waals surface area contributed by atoms with Gasteiger partial charge in [-0.2, -0.15) is 0 Å². The highest BCUT2D eigenvalue weighted by molar-refractivity contribution is 5.67. The molecule has 1 aliphatic heterocycles. The van der Waals surface area contributed by atoms with Crippen LogP contribution in [0.3, 0.4) is 0 Å². The van der Waals surface area contributed by atoms with Gasteiger partial charge in [0.15, 0.2) is 0 Å². The highest BCUT2D eigenvalue weighted by Crippen LogP contribution is 2.08. The summed E-state index contributed by atoms with van der Waals surface area (Å²) >= 11 is 0. The van der Waals surface area contributed by atoms with Gasteiger partial charge in [0.25, 0.3) is 0 Å². The van der Waals surface area contributed by atoms with Crippen molar-refractivity contribution in [3.63, 3.8) is 0 Å². The van der Waals surface area contributed by atoms with E-state index in [2.05, 4.69) is 5.32 Å². The lowest BCUT2D eigenvalue weighted by Gasteiger charge is -2.19. The number of ether oxygens (including phenoxy) is 2. The maximum absolute atomic E-state index is 11.2. The Hall–Kier alpha value is -1.03. The largest absolute Gasteiger partial charge is 0.444 e. The summed E-state index contributed by atoms with van der Waals surface area (Å²) in [5.74, 6) is 0. The fraction of sp³-hybridized carbons (Fsp3) is 0.727. The van der Waals surface area contributed by atoms with E-state index in [4.69, 9.17) is 9.47 Å². The van der Waals surface area contributed by atoms with Crippen LogP contribution in [0.4, 0.5) is 4.79 Å². The Morgan fingerprint density at radius 3 is 2.87 bits per heavy atom. The number of carbonyl (C=O) groups is 1. The molecule has 0 bridgehead atoms. The van der Waals surface area contributed by atoms with Gasteiger partial charge in [0.05, 0.1) is 12.7 Å². The molecular formula is C11H19NO3. The van der Waals surface area contributed by atoms with E-state index in [9.17, 15) is 4.79 Å². The molecule has 0 unspecified atom stereocenters. The summed E-state index contributed by atoms with van der Waals surface area (Å²) < 4.78 is 10.4. The molecule has 4 heteroatoms. The normalized spacial score (nSPS) is 20.3. The van der Waals surface area contributed by atoms with E-state index < -0.39 is 5.60 Å². The molecule has 0 saturated heterocycles. The minimum Gasteiger partial charge on any atom is -0.444 e. The standard InChI is InChI=1S/C11H19NO3/c1-11(2,3)15-10(13)12-7-6-9-5-4-8-14-9/h4-5,9H,6-8H2,1-3H3,(H,12,13)/t9-/m1/s1. The number of carbonyl (C=O) groups excluding carboxylic acids is 1. The summed E-state index contributed by atoms with van der Waals surface area (Å²) in [6, 6.07) is 0. The Morgan fingerprint density at radius 1 is 1.60 bits per heavy atom. The summed E-state index contributed by atoms with van der Waals surface area (Å²) in [6.07, 6.45) is 4.55. The Morgan fingerprint density at radius 2 is 2.33 bits per heavy atom. The third-order valence-corrected chi connectivity index (χ3v) is 1.85. The van der Waals surface area contributed by atoms with Crippen LogP contribution in [0, 0.1) is 0 Å². The molecule has 1 amide bonds. The van der Waals surface area contributed by atoms with E-state index >= 15 is 0 Å². The third kappa shape index (κ3) is 5.42. The van der Waals surface area contributed by atoms with Gasteiger partial charge in [0.1, 0.15) is 5.60 Å². The molecule has 0 spiro atoms. The Labute approximate surface area is 90.6 Å². The fourth-order valence-electron chi connectivity index (χ4n) is 1.25. The number of nitrogens with one attached hydrogen (secondary N) is 1. The average molecular weight is 213 g/mol. The lowest BCUT2D eigenvalue weighted by Crippen LogP contribution is -2.33. The van der Waals surface area contributed by atoms with Crippen LogP contribution >= 0.6 is 0 Å². The average Bonchev–Trinajstić information content (AvgIpc) is 2.53. The number of rotatable bonds is 3. The van der Waals surface area contributed by atoms with Crippen molar-refractivity contribution < 1.29 is 14.3 Å². The van der Waals surface area contributed by atoms with Gasteiger partial charge in [-0.05, 0) is 27.2 Å². The predicted octanol–water partition coefficient (Wildman–Crippen LogP) is 1.86. The summed E-state index contributed by atoms with van der Waals surface area (Å²) in [7, 11) is 0. The van der Waals surface area contributed by atoms with Crippen molar-refractivity contribution in [3.8, 4) is 0 Å². The minimum absolute atomic E-state index is 0.139. The smallest absolute Gasteiger partial charge is 0.407 e. The number of alkyl carbamates (subject to hydrolysis) is 1. The van der Waals surface area contributed by atoms with Crippen molar-refractivity contribution in [3.05, 3.63) is 12.2 Å². The molecule has 1 rings (SSSR count). The molecule has 0 aromatic heterocycles. The van der Waals surface area contributed by atoms with Crippen LogP contribution in [0.15, 0.2) is 12.2 Å². The SMILES string of the molecule is CC(C)(C)OC(=O)NCC[C@H]1C=CCO1. The van der Waals surface area contributed by atoms with E-state index in [1.165, 1.54) is 0 Å². The van der Waals surface area contributed by atoms with Crippen LogP contribution in [0.1, 0.15) is 27.2 Å². The van der Waals surface area contributed by atoms with Gasteiger partial charge < -0.3 is 14.8 Å². The van der Waals surface area contributed by atoms with Gasteiger partial charge >= 0.3 is 6.09 Å². The molecule has 0 fully saturated rings. The predicted molar refractivity (Wildman–Crippen MR) is 57.7 cm³/mol. The quantitative estimate of drug-likeness (QED) is 0.728. The fourth-order valence-corrected chi connectivity index (χ4v) is 1.25. The first-order chi connectivity index (χ1) is 6.97. The summed E-state index contributed by atoms with van der Waals surface area (Å²) in [5.41, 5.74) is -0.437. The molecule has 0 aliphatic carbocycles. The van der Waals surface area contributed by atoms with Gasteiger partial charge in [-0.25, -0.2) is 4.79 Å². The van der Waals surface area contributed by atoms with Crippen molar-refractivity contribution in [1.82, 2.24) is 5.32 Å². The molecular weight excluding hydrogens is 194 g/mol. The van der Waals surface area contributed by atoms with E-state index in [1.807, 2.05) is 32.9 Å². The maximum atomic E-state index is 11.2. The highest BCUT2D eigenvalue weighted by Gasteiger charge is 2.16. The van der Waals surface area contributed by atoms with Crippen LogP contribution in [0.2, 0.25) is 0 Å². The van der Waals surface area contributed by atoms with Crippen LogP contribution in [0.5, 0.6) is 0 Å². The second-order valence-corrected chi connectivity index (χ2v) is 4.52. The summed E-state index contributed by atoms with van der Waals surface area (Å²) in [4.78, 5) is 11.2. The molecule has 1 atom stereocenters. The van der Waals surface area contributed by atoms with Gasteiger partial charge in [0.2, 0.25) is 0 Å². The second kappa shape index (κ2) is 5.16. The van der Waals surface area contributed by atoms with Crippen molar-refractivity contribution in [2.24, 2.45) is 0 Å². The van der Waals surface area contributed by atoms with Gasteiger partial charge in [0, 0.05) is 6.54 Å². The highest BCUT2D eigenvalue weighted by atomic mass is 16.6. The van der Waals surface area contributed by atoms with Crippen molar-refractivity contribution in [2.45, 2.75) is 38.9 Å². The van der Waals surface area contributed by atoms with Crippen LogP contribution in [0.25, 0.3) is 0 Å². The van der Waals surface area contributed by atoms with Gasteiger partial charge in [-0.1, -0.05) is 12.2 Å². The minimum atomic E-state index is -0.437. The van der Waals surface area contributed by atoms with Crippen molar-refractivity contribution in [1.29, 1.82) is 0 Å². The van der Waals surface area contributed by atoms with Crippen molar-refractivity contribution >= 4 is 6.09 Å². The molecule has 0 aromatic rings. The van der Waals surface area contributed by atoms with E-state index in [0.29, 0.717) is 13.2 Å². The first-order valence-electron chi connectivity index (χ1n) is 5.22. The number of hydrogen-bond donors (Lipinski definition) is 1. The number of hydrogen-bond acceptors (Lipinski definition) is 3. The van der Waals surface area contributed by atoms with E-state index in [1.54, 1.807) is 0 Å². The molecule has 0 aromatic carbocycles. The first kappa shape index (κ1) is 12.0. The lowest BCUT2D eigenvalue weighted by atomic mass is 10.2. The first-order valence-corrected chi connectivity index (χ1v) is 5.22. The topological polar surface area (TPSA) is 47.6 Å². The molecule has 15 heavy (non-hydrogen) atoms. The number of amides is 1. The maximum Gasteiger partial charge on any atom is 0.407 e. The molecule has 4 nitrogen and oxygen atoms in total. The Kier molecular flexibility index (Phi) is 4.15. The monoisotopic (exact) mass is 213 g/mol. The zero-order valence-corrected chi connectivity index (χ0v) is 9.58. The van der Waals surface area contributed by atoms with E-state index in [-0.39, 0.29) is 12.2 Å². The molecule has 1 aliphatic rings. The van der Waals surface area contributed by atoms with E-state index in [0.717, 1.165) is 6.42 Å². The van der Waals surface area contributed by atoms with Crippen LogP contribution < -0.4 is 5.32 Å².